The molecule has 0 saturated heterocycles. The molecule has 0 spiro atoms. The molecule has 0 aliphatic heterocycles. The van der Waals surface area contributed by atoms with Gasteiger partial charge in [-0.3, -0.25) is 0 Å². The molecule has 1 heterocycles. The lowest BCUT2D eigenvalue weighted by atomic mass is 10.6. The number of rotatable bonds is 0. The Labute approximate surface area is 67.9 Å². The van der Waals surface area contributed by atoms with E-state index in [0.29, 0.717) is 0 Å². The summed E-state index contributed by atoms with van der Waals surface area (Å²) in [5, 5.41) is 0. The first-order chi connectivity index (χ1) is 4.63. The van der Waals surface area contributed by atoms with Gasteiger partial charge in [-0.15, -0.1) is 0 Å². The van der Waals surface area contributed by atoms with E-state index in [1.54, 1.807) is 12.5 Å². The van der Waals surface area contributed by atoms with Crippen molar-refractivity contribution in [3.63, 3.8) is 0 Å². The molecule has 0 aromatic carbocycles. The minimum Gasteiger partial charge on any atom is -0.349 e. The van der Waals surface area contributed by atoms with Gasteiger partial charge < -0.3 is 9.78 Å². The van der Waals surface area contributed by atoms with Gasteiger partial charge in [-0.25, -0.2) is 4.98 Å². The van der Waals surface area contributed by atoms with Crippen molar-refractivity contribution >= 4 is 5.78 Å². The number of carbonyl (C=O) groups excluding carboxylic acids is 1. The van der Waals surface area contributed by atoms with E-state index in [1.165, 1.54) is 13.8 Å². The molecular formula is C8H16N2O. The minimum absolute atomic E-state index is 0. The largest absolute Gasteiger partial charge is 0.349 e. The van der Waals surface area contributed by atoms with Gasteiger partial charge in [0, 0.05) is 11.9 Å². The summed E-state index contributed by atoms with van der Waals surface area (Å²) >= 11 is 0. The SMILES string of the molecule is C.CC(C)=O.Cc1cnc[nH]1. The van der Waals surface area contributed by atoms with E-state index >= 15 is 0 Å². The first-order valence-corrected chi connectivity index (χ1v) is 3.05. The Hall–Kier alpha value is -1.12. The Morgan fingerprint density at radius 1 is 1.55 bits per heavy atom. The zero-order chi connectivity index (χ0) is 7.98. The van der Waals surface area contributed by atoms with Crippen LogP contribution < -0.4 is 0 Å². The molecule has 64 valence electrons. The third-order valence-electron chi connectivity index (χ3n) is 0.635. The molecule has 1 rings (SSSR count). The zero-order valence-electron chi connectivity index (χ0n) is 6.51. The number of Topliss-reactive ketones (excluding diaryl/α,β-unsaturated/α-hetero) is 1. The number of nitrogens with zero attached hydrogens (tertiary/aromatic N) is 1. The highest BCUT2D eigenvalue weighted by Crippen LogP contribution is 1.81. The Kier molecular flexibility index (Phi) is 7.98. The highest BCUT2D eigenvalue weighted by Gasteiger charge is 1.73. The topological polar surface area (TPSA) is 45.8 Å². The Balaban J connectivity index is 0. The summed E-state index contributed by atoms with van der Waals surface area (Å²) in [5.41, 5.74) is 1.11. The smallest absolute Gasteiger partial charge is 0.126 e. The monoisotopic (exact) mass is 156 g/mol. The number of hydrogen-bond acceptors (Lipinski definition) is 2. The molecule has 0 aliphatic rings. The van der Waals surface area contributed by atoms with E-state index in [9.17, 15) is 4.79 Å². The molecule has 0 saturated carbocycles. The van der Waals surface area contributed by atoms with Crippen molar-refractivity contribution in [2.75, 3.05) is 0 Å². The normalized spacial score (nSPS) is 7.18. The zero-order valence-corrected chi connectivity index (χ0v) is 6.51. The van der Waals surface area contributed by atoms with Crippen molar-refractivity contribution in [2.24, 2.45) is 0 Å². The van der Waals surface area contributed by atoms with Gasteiger partial charge in [0.2, 0.25) is 0 Å². The molecule has 0 unspecified atom stereocenters. The first kappa shape index (κ1) is 12.5. The van der Waals surface area contributed by atoms with Crippen LogP contribution in [0.15, 0.2) is 12.5 Å². The Bertz CT molecular complexity index is 176. The average molecular weight is 156 g/mol. The molecule has 0 bridgehead atoms. The van der Waals surface area contributed by atoms with Gasteiger partial charge in [0.05, 0.1) is 6.33 Å². The molecule has 1 aromatic heterocycles. The summed E-state index contributed by atoms with van der Waals surface area (Å²) < 4.78 is 0. The summed E-state index contributed by atoms with van der Waals surface area (Å²) in [6, 6.07) is 0. The van der Waals surface area contributed by atoms with Crippen LogP contribution in [0.3, 0.4) is 0 Å². The second-order valence-electron chi connectivity index (χ2n) is 2.14. The number of aromatic amines is 1. The lowest BCUT2D eigenvalue weighted by molar-refractivity contribution is -0.114. The number of H-pyrrole nitrogens is 1. The third-order valence-corrected chi connectivity index (χ3v) is 0.635. The van der Waals surface area contributed by atoms with E-state index in [-0.39, 0.29) is 13.2 Å². The van der Waals surface area contributed by atoms with Crippen LogP contribution in [0.25, 0.3) is 0 Å². The van der Waals surface area contributed by atoms with Crippen molar-refractivity contribution in [2.45, 2.75) is 28.2 Å². The van der Waals surface area contributed by atoms with Crippen molar-refractivity contribution in [3.05, 3.63) is 18.2 Å². The molecule has 0 radical (unpaired) electrons. The second kappa shape index (κ2) is 6.99. The highest BCUT2D eigenvalue weighted by molar-refractivity contribution is 5.72. The van der Waals surface area contributed by atoms with Crippen molar-refractivity contribution in [3.8, 4) is 0 Å². The summed E-state index contributed by atoms with van der Waals surface area (Å²) in [4.78, 5) is 16.1. The third kappa shape index (κ3) is 12.2. The van der Waals surface area contributed by atoms with Crippen LogP contribution in [0, 0.1) is 6.92 Å². The molecule has 0 atom stereocenters. The summed E-state index contributed by atoms with van der Waals surface area (Å²) in [6.07, 6.45) is 3.44. The predicted molar refractivity (Wildman–Crippen MR) is 46.4 cm³/mol. The summed E-state index contributed by atoms with van der Waals surface area (Å²) in [7, 11) is 0. The van der Waals surface area contributed by atoms with Crippen molar-refractivity contribution < 1.29 is 4.79 Å². The van der Waals surface area contributed by atoms with Gasteiger partial charge in [-0.1, -0.05) is 7.43 Å². The molecule has 11 heavy (non-hydrogen) atoms. The van der Waals surface area contributed by atoms with Crippen molar-refractivity contribution in [1.82, 2.24) is 9.97 Å². The van der Waals surface area contributed by atoms with Crippen LogP contribution in [-0.4, -0.2) is 15.8 Å². The predicted octanol–water partition coefficient (Wildman–Crippen LogP) is 1.95. The molecular weight excluding hydrogens is 140 g/mol. The van der Waals surface area contributed by atoms with Crippen LogP contribution in [0.5, 0.6) is 0 Å². The number of aryl methyl sites for hydroxylation is 1. The minimum atomic E-state index is 0. The van der Waals surface area contributed by atoms with Crippen LogP contribution in [0.1, 0.15) is 27.0 Å². The second-order valence-corrected chi connectivity index (χ2v) is 2.14. The number of carbonyl (C=O) groups is 1. The number of hydrogen-bond donors (Lipinski definition) is 1. The molecule has 3 heteroatoms. The van der Waals surface area contributed by atoms with Gasteiger partial charge in [0.1, 0.15) is 5.78 Å². The number of ketones is 1. The number of aromatic nitrogens is 2. The fourth-order valence-electron chi connectivity index (χ4n) is 0.325. The maximum absolute atomic E-state index is 9.44. The van der Waals surface area contributed by atoms with Crippen LogP contribution >= 0.6 is 0 Å². The van der Waals surface area contributed by atoms with Gasteiger partial charge in [0.15, 0.2) is 0 Å². The molecule has 1 aromatic rings. The Morgan fingerprint density at radius 3 is 2.09 bits per heavy atom. The highest BCUT2D eigenvalue weighted by atomic mass is 16.1. The fraction of sp³-hybridized carbons (Fsp3) is 0.500. The van der Waals surface area contributed by atoms with Gasteiger partial charge in [-0.2, -0.15) is 0 Å². The molecule has 1 N–H and O–H groups in total. The standard InChI is InChI=1S/C4H6N2.C3H6O.CH4/c1-4-2-5-3-6-4;1-3(2)4;/h2-3H,1H3,(H,5,6);1-2H3;1H4. The Morgan fingerprint density at radius 2 is 2.00 bits per heavy atom. The maximum Gasteiger partial charge on any atom is 0.126 e. The van der Waals surface area contributed by atoms with E-state index in [4.69, 9.17) is 0 Å². The van der Waals surface area contributed by atoms with E-state index in [2.05, 4.69) is 9.97 Å². The summed E-state index contributed by atoms with van der Waals surface area (Å²) in [6.45, 7) is 5.02. The van der Waals surface area contributed by atoms with Crippen LogP contribution in [-0.2, 0) is 4.79 Å². The molecule has 0 amide bonds. The molecule has 0 aliphatic carbocycles. The lowest BCUT2D eigenvalue weighted by Crippen LogP contribution is -1.69. The lowest BCUT2D eigenvalue weighted by Gasteiger charge is -1.67. The van der Waals surface area contributed by atoms with Gasteiger partial charge >= 0.3 is 0 Å². The number of nitrogens with one attached hydrogen (secondary N) is 1. The molecule has 3 nitrogen and oxygen atoms in total. The first-order valence-electron chi connectivity index (χ1n) is 3.05. The van der Waals surface area contributed by atoms with Gasteiger partial charge in [0.25, 0.3) is 0 Å². The van der Waals surface area contributed by atoms with Gasteiger partial charge in [-0.05, 0) is 20.8 Å². The van der Waals surface area contributed by atoms with E-state index in [1.807, 2.05) is 6.92 Å². The fourth-order valence-corrected chi connectivity index (χ4v) is 0.325. The van der Waals surface area contributed by atoms with Crippen LogP contribution in [0.2, 0.25) is 0 Å². The maximum atomic E-state index is 9.44. The summed E-state index contributed by atoms with van der Waals surface area (Å²) in [5.74, 6) is 0.167. The molecule has 0 fully saturated rings. The van der Waals surface area contributed by atoms with Crippen molar-refractivity contribution in [1.29, 1.82) is 0 Å². The number of imidazole rings is 1. The van der Waals surface area contributed by atoms with E-state index in [0.717, 1.165) is 5.69 Å². The average Bonchev–Trinajstić information content (AvgIpc) is 2.15. The van der Waals surface area contributed by atoms with Crippen LogP contribution in [0.4, 0.5) is 0 Å². The van der Waals surface area contributed by atoms with E-state index < -0.39 is 0 Å². The quantitative estimate of drug-likeness (QED) is 0.624.